The summed E-state index contributed by atoms with van der Waals surface area (Å²) < 4.78 is 5.93. The molecule has 122 valence electrons. The van der Waals surface area contributed by atoms with Crippen LogP contribution in [0.1, 0.15) is 60.8 Å². The summed E-state index contributed by atoms with van der Waals surface area (Å²) in [5.41, 5.74) is 0.416. The molecule has 1 saturated carbocycles. The summed E-state index contributed by atoms with van der Waals surface area (Å²) in [5, 5.41) is 13.3. The molecule has 3 unspecified atom stereocenters. The Bertz CT molecular complexity index is 276. The first-order chi connectivity index (χ1) is 8.57. The van der Waals surface area contributed by atoms with E-state index in [1.165, 1.54) is 6.42 Å². The summed E-state index contributed by atoms with van der Waals surface area (Å²) in [4.78, 5) is 0. The topological polar surface area (TPSA) is 41.5 Å². The zero-order chi connectivity index (χ0) is 14.7. The van der Waals surface area contributed by atoms with E-state index in [1.807, 2.05) is 0 Å². The van der Waals surface area contributed by atoms with Crippen LogP contribution in [0.15, 0.2) is 0 Å². The number of hydrogen-bond donors (Lipinski definition) is 2. The molecule has 0 aromatic carbocycles. The highest BCUT2D eigenvalue weighted by Gasteiger charge is 2.32. The van der Waals surface area contributed by atoms with Crippen LogP contribution >= 0.6 is 12.4 Å². The fourth-order valence-electron chi connectivity index (χ4n) is 3.12. The van der Waals surface area contributed by atoms with Crippen molar-refractivity contribution < 1.29 is 9.84 Å². The quantitative estimate of drug-likeness (QED) is 0.818. The number of hydrogen-bond acceptors (Lipinski definition) is 3. The lowest BCUT2D eigenvalue weighted by Gasteiger charge is -2.39. The van der Waals surface area contributed by atoms with Crippen molar-refractivity contribution in [3.05, 3.63) is 0 Å². The SMILES string of the molecule is CC1CC(OCC(O)CNC(C)(C)C)CC(C)(C)C1.Cl. The van der Waals surface area contributed by atoms with Crippen molar-refractivity contribution >= 4 is 12.4 Å². The summed E-state index contributed by atoms with van der Waals surface area (Å²) in [6.07, 6.45) is 3.41. The van der Waals surface area contributed by atoms with Crippen molar-refractivity contribution in [3.63, 3.8) is 0 Å². The molecule has 0 saturated heterocycles. The second-order valence-electron chi connectivity index (χ2n) is 8.15. The maximum atomic E-state index is 9.95. The number of ether oxygens (including phenoxy) is 1. The lowest BCUT2D eigenvalue weighted by Crippen LogP contribution is -2.43. The van der Waals surface area contributed by atoms with Gasteiger partial charge in [-0.2, -0.15) is 0 Å². The first-order valence-electron chi connectivity index (χ1n) is 7.62. The lowest BCUT2D eigenvalue weighted by molar-refractivity contribution is -0.0558. The zero-order valence-electron chi connectivity index (χ0n) is 14.0. The van der Waals surface area contributed by atoms with Gasteiger partial charge >= 0.3 is 0 Å². The standard InChI is InChI=1S/C16H33NO2.ClH/c1-12-7-14(9-16(5,6)8-12)19-11-13(18)10-17-15(2,3)4;/h12-14,17-18H,7-11H2,1-6H3;1H. The zero-order valence-corrected chi connectivity index (χ0v) is 14.8. The van der Waals surface area contributed by atoms with E-state index < -0.39 is 6.10 Å². The van der Waals surface area contributed by atoms with E-state index in [-0.39, 0.29) is 17.9 Å². The van der Waals surface area contributed by atoms with Gasteiger partial charge in [0.1, 0.15) is 0 Å². The van der Waals surface area contributed by atoms with Crippen LogP contribution in [0.2, 0.25) is 0 Å². The van der Waals surface area contributed by atoms with Gasteiger partial charge < -0.3 is 15.2 Å². The van der Waals surface area contributed by atoms with Gasteiger partial charge in [-0.3, -0.25) is 0 Å². The highest BCUT2D eigenvalue weighted by atomic mass is 35.5. The Morgan fingerprint density at radius 3 is 2.40 bits per heavy atom. The molecule has 3 nitrogen and oxygen atoms in total. The third-order valence-electron chi connectivity index (χ3n) is 3.74. The van der Waals surface area contributed by atoms with E-state index in [2.05, 4.69) is 46.9 Å². The Kier molecular flexibility index (Phi) is 8.04. The molecule has 1 fully saturated rings. The number of aliphatic hydroxyl groups excluding tert-OH is 1. The third kappa shape index (κ3) is 8.46. The van der Waals surface area contributed by atoms with Crippen LogP contribution in [-0.2, 0) is 4.74 Å². The van der Waals surface area contributed by atoms with Gasteiger partial charge in [0.25, 0.3) is 0 Å². The van der Waals surface area contributed by atoms with Gasteiger partial charge in [0.05, 0.1) is 18.8 Å². The summed E-state index contributed by atoms with van der Waals surface area (Å²) in [6, 6.07) is 0. The number of aliphatic hydroxyl groups is 1. The van der Waals surface area contributed by atoms with Gasteiger partial charge in [-0.05, 0) is 51.4 Å². The smallest absolute Gasteiger partial charge is 0.0898 e. The predicted octanol–water partition coefficient (Wildman–Crippen LogP) is 3.39. The fourth-order valence-corrected chi connectivity index (χ4v) is 3.12. The van der Waals surface area contributed by atoms with Gasteiger partial charge in [-0.25, -0.2) is 0 Å². The van der Waals surface area contributed by atoms with Crippen molar-refractivity contribution in [2.75, 3.05) is 13.2 Å². The molecule has 1 aliphatic carbocycles. The molecular formula is C16H34ClNO2. The van der Waals surface area contributed by atoms with Crippen molar-refractivity contribution in [2.24, 2.45) is 11.3 Å². The fraction of sp³-hybridized carbons (Fsp3) is 1.00. The second kappa shape index (κ2) is 7.98. The van der Waals surface area contributed by atoms with Crippen molar-refractivity contribution in [2.45, 2.75) is 78.6 Å². The second-order valence-corrected chi connectivity index (χ2v) is 8.15. The molecule has 0 radical (unpaired) electrons. The minimum Gasteiger partial charge on any atom is -0.389 e. The van der Waals surface area contributed by atoms with Crippen LogP contribution in [0.25, 0.3) is 0 Å². The van der Waals surface area contributed by atoms with E-state index in [0.29, 0.717) is 24.7 Å². The molecule has 2 N–H and O–H groups in total. The Hall–Kier alpha value is 0.170. The molecule has 0 amide bonds. The predicted molar refractivity (Wildman–Crippen MR) is 87.5 cm³/mol. The Morgan fingerprint density at radius 2 is 1.90 bits per heavy atom. The molecule has 20 heavy (non-hydrogen) atoms. The number of rotatable bonds is 5. The monoisotopic (exact) mass is 307 g/mol. The van der Waals surface area contributed by atoms with Crippen LogP contribution in [0.3, 0.4) is 0 Å². The van der Waals surface area contributed by atoms with E-state index in [9.17, 15) is 5.11 Å². The highest BCUT2D eigenvalue weighted by molar-refractivity contribution is 5.85. The summed E-state index contributed by atoms with van der Waals surface area (Å²) in [7, 11) is 0. The van der Waals surface area contributed by atoms with Crippen LogP contribution in [0, 0.1) is 11.3 Å². The molecular weight excluding hydrogens is 274 g/mol. The summed E-state index contributed by atoms with van der Waals surface area (Å²) in [6.45, 7) is 14.3. The Balaban J connectivity index is 0.00000361. The molecule has 0 bridgehead atoms. The average molecular weight is 308 g/mol. The maximum Gasteiger partial charge on any atom is 0.0898 e. The Labute approximate surface area is 131 Å². The number of β-amino-alcohol motifs (C(OH)–C–C–N with tert-alkyl or cyclic N) is 1. The van der Waals surface area contributed by atoms with Gasteiger partial charge in [0, 0.05) is 12.1 Å². The van der Waals surface area contributed by atoms with Crippen LogP contribution in [0.4, 0.5) is 0 Å². The molecule has 0 aromatic heterocycles. The van der Waals surface area contributed by atoms with E-state index in [4.69, 9.17) is 4.74 Å². The van der Waals surface area contributed by atoms with E-state index >= 15 is 0 Å². The molecule has 3 atom stereocenters. The molecule has 0 spiro atoms. The van der Waals surface area contributed by atoms with Gasteiger partial charge in [-0.15, -0.1) is 12.4 Å². The summed E-state index contributed by atoms with van der Waals surface area (Å²) >= 11 is 0. The minimum absolute atomic E-state index is 0. The number of nitrogens with one attached hydrogen (secondary N) is 1. The van der Waals surface area contributed by atoms with E-state index in [1.54, 1.807) is 0 Å². The minimum atomic E-state index is -0.417. The van der Waals surface area contributed by atoms with Gasteiger partial charge in [0.2, 0.25) is 0 Å². The maximum absolute atomic E-state index is 9.95. The van der Waals surface area contributed by atoms with Crippen LogP contribution in [-0.4, -0.2) is 36.0 Å². The highest BCUT2D eigenvalue weighted by Crippen LogP contribution is 2.39. The van der Waals surface area contributed by atoms with E-state index in [0.717, 1.165) is 18.8 Å². The van der Waals surface area contributed by atoms with Gasteiger partial charge in [-0.1, -0.05) is 20.8 Å². The number of halogens is 1. The van der Waals surface area contributed by atoms with Crippen molar-refractivity contribution in [3.8, 4) is 0 Å². The third-order valence-corrected chi connectivity index (χ3v) is 3.74. The molecule has 4 heteroatoms. The van der Waals surface area contributed by atoms with Gasteiger partial charge in [0.15, 0.2) is 0 Å². The average Bonchev–Trinajstić information content (AvgIpc) is 2.19. The van der Waals surface area contributed by atoms with Crippen molar-refractivity contribution in [1.29, 1.82) is 0 Å². The molecule has 0 aliphatic heterocycles. The molecule has 1 rings (SSSR count). The lowest BCUT2D eigenvalue weighted by atomic mass is 9.71. The molecule has 1 aliphatic rings. The normalized spacial score (nSPS) is 27.8. The first kappa shape index (κ1) is 20.2. The van der Waals surface area contributed by atoms with Crippen molar-refractivity contribution in [1.82, 2.24) is 5.32 Å². The summed E-state index contributed by atoms with van der Waals surface area (Å²) in [5.74, 6) is 0.721. The Morgan fingerprint density at radius 1 is 1.30 bits per heavy atom. The van der Waals surface area contributed by atoms with Crippen LogP contribution in [0.5, 0.6) is 0 Å². The van der Waals surface area contributed by atoms with Crippen LogP contribution < -0.4 is 5.32 Å². The first-order valence-corrected chi connectivity index (χ1v) is 7.62. The molecule has 0 heterocycles. The molecule has 0 aromatic rings. The largest absolute Gasteiger partial charge is 0.389 e.